The predicted octanol–water partition coefficient (Wildman–Crippen LogP) is 2.52. The lowest BCUT2D eigenvalue weighted by atomic mass is 10.2. The van der Waals surface area contributed by atoms with Crippen LogP contribution in [-0.2, 0) is 4.74 Å². The maximum absolute atomic E-state index is 12.2. The summed E-state index contributed by atoms with van der Waals surface area (Å²) in [4.78, 5) is 1.79. The lowest BCUT2D eigenvalue weighted by Gasteiger charge is -2.22. The minimum atomic E-state index is -2.24. The molecular weight excluding hydrogens is 268 g/mol. The first-order valence-corrected chi connectivity index (χ1v) is 6.52. The van der Waals surface area contributed by atoms with Crippen LogP contribution in [0.25, 0.3) is 0 Å². The van der Waals surface area contributed by atoms with Crippen LogP contribution in [0.2, 0.25) is 0 Å². The van der Waals surface area contributed by atoms with Crippen LogP contribution < -0.4 is 0 Å². The van der Waals surface area contributed by atoms with Crippen molar-refractivity contribution in [1.82, 2.24) is 4.90 Å². The lowest BCUT2D eigenvalue weighted by Crippen LogP contribution is -2.33. The van der Waals surface area contributed by atoms with E-state index in [2.05, 4.69) is 15.9 Å². The SMILES string of the molecule is FC(F)CN(CCBr)CCC1CCCO1. The molecule has 1 saturated heterocycles. The molecule has 0 N–H and O–H groups in total. The Labute approximate surface area is 98.1 Å². The average molecular weight is 286 g/mol. The van der Waals surface area contributed by atoms with Crippen LogP contribution in [-0.4, -0.2) is 49.0 Å². The summed E-state index contributed by atoms with van der Waals surface area (Å²) in [6.45, 7) is 2.09. The van der Waals surface area contributed by atoms with Crippen molar-refractivity contribution in [2.45, 2.75) is 31.8 Å². The summed E-state index contributed by atoms with van der Waals surface area (Å²) in [5, 5.41) is 0.741. The molecule has 0 aromatic rings. The highest BCUT2D eigenvalue weighted by Gasteiger charge is 2.18. The summed E-state index contributed by atoms with van der Waals surface area (Å²) in [6, 6.07) is 0. The summed E-state index contributed by atoms with van der Waals surface area (Å²) >= 11 is 3.28. The maximum atomic E-state index is 12.2. The van der Waals surface area contributed by atoms with Crippen molar-refractivity contribution in [3.05, 3.63) is 0 Å². The molecule has 1 unspecified atom stereocenters. The molecule has 90 valence electrons. The molecule has 5 heteroatoms. The average Bonchev–Trinajstić information content (AvgIpc) is 2.66. The summed E-state index contributed by atoms with van der Waals surface area (Å²) in [5.74, 6) is 0. The van der Waals surface area contributed by atoms with Crippen molar-refractivity contribution < 1.29 is 13.5 Å². The molecule has 0 aliphatic carbocycles. The van der Waals surface area contributed by atoms with E-state index < -0.39 is 6.43 Å². The van der Waals surface area contributed by atoms with Gasteiger partial charge in [-0.25, -0.2) is 8.78 Å². The van der Waals surface area contributed by atoms with Crippen LogP contribution in [0.4, 0.5) is 8.78 Å². The predicted molar refractivity (Wildman–Crippen MR) is 59.8 cm³/mol. The Bertz CT molecular complexity index is 166. The van der Waals surface area contributed by atoms with Gasteiger partial charge in [-0.3, -0.25) is 4.90 Å². The molecule has 0 saturated carbocycles. The minimum Gasteiger partial charge on any atom is -0.378 e. The zero-order valence-corrected chi connectivity index (χ0v) is 10.4. The number of alkyl halides is 3. The Hall–Kier alpha value is 0.260. The van der Waals surface area contributed by atoms with Gasteiger partial charge in [0.1, 0.15) is 0 Å². The molecule has 0 spiro atoms. The largest absolute Gasteiger partial charge is 0.378 e. The monoisotopic (exact) mass is 285 g/mol. The van der Waals surface area contributed by atoms with Crippen molar-refractivity contribution in [3.63, 3.8) is 0 Å². The fourth-order valence-electron chi connectivity index (χ4n) is 1.81. The maximum Gasteiger partial charge on any atom is 0.251 e. The summed E-state index contributed by atoms with van der Waals surface area (Å²) in [7, 11) is 0. The van der Waals surface area contributed by atoms with Gasteiger partial charge in [-0.1, -0.05) is 15.9 Å². The zero-order chi connectivity index (χ0) is 11.1. The van der Waals surface area contributed by atoms with Crippen LogP contribution in [0.15, 0.2) is 0 Å². The Morgan fingerprint density at radius 3 is 2.73 bits per heavy atom. The number of rotatable bonds is 7. The highest BCUT2D eigenvalue weighted by atomic mass is 79.9. The highest BCUT2D eigenvalue weighted by Crippen LogP contribution is 2.15. The molecule has 0 aromatic heterocycles. The lowest BCUT2D eigenvalue weighted by molar-refractivity contribution is 0.0666. The van der Waals surface area contributed by atoms with Gasteiger partial charge in [0.05, 0.1) is 12.6 Å². The van der Waals surface area contributed by atoms with Gasteiger partial charge in [-0.15, -0.1) is 0 Å². The third-order valence-electron chi connectivity index (χ3n) is 2.59. The van der Waals surface area contributed by atoms with Crippen LogP contribution >= 0.6 is 15.9 Å². The van der Waals surface area contributed by atoms with Gasteiger partial charge in [-0.05, 0) is 19.3 Å². The van der Waals surface area contributed by atoms with Crippen LogP contribution in [0.1, 0.15) is 19.3 Å². The molecule has 0 radical (unpaired) electrons. The second-order valence-electron chi connectivity index (χ2n) is 3.80. The second-order valence-corrected chi connectivity index (χ2v) is 4.60. The van der Waals surface area contributed by atoms with Gasteiger partial charge < -0.3 is 4.74 Å². The van der Waals surface area contributed by atoms with E-state index in [1.165, 1.54) is 0 Å². The first-order chi connectivity index (χ1) is 7.22. The van der Waals surface area contributed by atoms with E-state index in [1.807, 2.05) is 0 Å². The van der Waals surface area contributed by atoms with E-state index in [9.17, 15) is 8.78 Å². The third-order valence-corrected chi connectivity index (χ3v) is 2.94. The minimum absolute atomic E-state index is 0.127. The number of halogens is 3. The summed E-state index contributed by atoms with van der Waals surface area (Å²) < 4.78 is 29.9. The Morgan fingerprint density at radius 1 is 1.40 bits per heavy atom. The molecule has 1 aliphatic rings. The first-order valence-electron chi connectivity index (χ1n) is 5.40. The van der Waals surface area contributed by atoms with E-state index in [-0.39, 0.29) is 6.54 Å². The molecular formula is C10H18BrF2NO. The third kappa shape index (κ3) is 5.78. The van der Waals surface area contributed by atoms with Gasteiger partial charge in [0, 0.05) is 25.0 Å². The molecule has 0 aromatic carbocycles. The van der Waals surface area contributed by atoms with Crippen molar-refractivity contribution >= 4 is 15.9 Å². The van der Waals surface area contributed by atoms with E-state index in [0.717, 1.165) is 31.2 Å². The molecule has 1 rings (SSSR count). The fourth-order valence-corrected chi connectivity index (χ4v) is 2.31. The number of ether oxygens (including phenoxy) is 1. The highest BCUT2D eigenvalue weighted by molar-refractivity contribution is 9.09. The second kappa shape index (κ2) is 7.52. The topological polar surface area (TPSA) is 12.5 Å². The summed E-state index contributed by atoms with van der Waals surface area (Å²) in [5.41, 5.74) is 0. The number of hydrogen-bond donors (Lipinski definition) is 0. The van der Waals surface area contributed by atoms with Crippen molar-refractivity contribution in [1.29, 1.82) is 0 Å². The molecule has 2 nitrogen and oxygen atoms in total. The van der Waals surface area contributed by atoms with E-state index >= 15 is 0 Å². The van der Waals surface area contributed by atoms with Gasteiger partial charge >= 0.3 is 0 Å². The smallest absolute Gasteiger partial charge is 0.251 e. The molecule has 0 amide bonds. The van der Waals surface area contributed by atoms with Gasteiger partial charge in [0.15, 0.2) is 0 Å². The Morgan fingerprint density at radius 2 is 2.20 bits per heavy atom. The normalized spacial score (nSPS) is 21.8. The Kier molecular flexibility index (Phi) is 6.68. The molecule has 1 heterocycles. The van der Waals surface area contributed by atoms with Crippen LogP contribution in [0.3, 0.4) is 0 Å². The number of hydrogen-bond acceptors (Lipinski definition) is 2. The van der Waals surface area contributed by atoms with E-state index in [1.54, 1.807) is 4.90 Å². The van der Waals surface area contributed by atoms with Crippen LogP contribution in [0.5, 0.6) is 0 Å². The quantitative estimate of drug-likeness (QED) is 0.667. The van der Waals surface area contributed by atoms with Crippen molar-refractivity contribution in [2.24, 2.45) is 0 Å². The van der Waals surface area contributed by atoms with Gasteiger partial charge in [-0.2, -0.15) is 0 Å². The molecule has 1 fully saturated rings. The Balaban J connectivity index is 2.17. The van der Waals surface area contributed by atoms with Crippen LogP contribution in [0, 0.1) is 0 Å². The molecule has 1 aliphatic heterocycles. The molecule has 1 atom stereocenters. The standard InChI is InChI=1S/C10H18BrF2NO/c11-4-6-14(8-10(12)13)5-3-9-2-1-7-15-9/h9-10H,1-8H2. The molecule has 15 heavy (non-hydrogen) atoms. The van der Waals surface area contributed by atoms with Crippen molar-refractivity contribution in [3.8, 4) is 0 Å². The van der Waals surface area contributed by atoms with E-state index in [4.69, 9.17) is 4.74 Å². The van der Waals surface area contributed by atoms with Gasteiger partial charge in [0.2, 0.25) is 0 Å². The zero-order valence-electron chi connectivity index (χ0n) is 8.80. The number of nitrogens with zero attached hydrogens (tertiary/aromatic N) is 1. The fraction of sp³-hybridized carbons (Fsp3) is 1.00. The molecule has 0 bridgehead atoms. The van der Waals surface area contributed by atoms with Gasteiger partial charge in [0.25, 0.3) is 6.43 Å². The van der Waals surface area contributed by atoms with Crippen molar-refractivity contribution in [2.75, 3.05) is 31.6 Å². The summed E-state index contributed by atoms with van der Waals surface area (Å²) in [6.07, 6.45) is 1.11. The first kappa shape index (κ1) is 13.3. The van der Waals surface area contributed by atoms with E-state index in [0.29, 0.717) is 19.2 Å².